The van der Waals surface area contributed by atoms with Gasteiger partial charge in [-0.3, -0.25) is 24.0 Å². The molecule has 0 atom stereocenters. The topological polar surface area (TPSA) is 132 Å². The largest absolute Gasteiger partial charge is 0.426 e. The summed E-state index contributed by atoms with van der Waals surface area (Å²) in [5.41, 5.74) is 0.543. The Balaban J connectivity index is 2.60. The van der Waals surface area contributed by atoms with Gasteiger partial charge >= 0.3 is 29.8 Å². The number of hydrogen-bond acceptors (Lipinski definition) is 10. The zero-order chi connectivity index (χ0) is 55.8. The minimum atomic E-state index is -0.485. The number of benzene rings is 2. The number of carbonyl (C=O) groups is 5. The molecule has 0 aromatic heterocycles. The van der Waals surface area contributed by atoms with E-state index in [4.69, 9.17) is 23.7 Å². The molecule has 10 heteroatoms. The molecular weight excluding hydrogens is 965 g/mol. The van der Waals surface area contributed by atoms with Crippen molar-refractivity contribution in [3.05, 3.63) is 30.3 Å². The van der Waals surface area contributed by atoms with E-state index in [-0.39, 0.29) is 66.4 Å². The molecule has 2 aromatic carbocycles. The van der Waals surface area contributed by atoms with Crippen LogP contribution in [0.25, 0.3) is 11.1 Å². The first-order valence-electron chi connectivity index (χ1n) is 32.0. The van der Waals surface area contributed by atoms with E-state index < -0.39 is 29.8 Å². The van der Waals surface area contributed by atoms with E-state index in [9.17, 15) is 24.0 Å². The maximum Gasteiger partial charge on any atom is 0.311 e. The van der Waals surface area contributed by atoms with Crippen LogP contribution in [-0.2, 0) is 24.0 Å². The number of ether oxygens (including phenoxy) is 5. The lowest BCUT2D eigenvalue weighted by Crippen LogP contribution is -2.13. The van der Waals surface area contributed by atoms with Crippen LogP contribution >= 0.6 is 0 Å². The van der Waals surface area contributed by atoms with Gasteiger partial charge in [-0.15, -0.1) is 0 Å². The average molecular weight is 1080 g/mol. The summed E-state index contributed by atoms with van der Waals surface area (Å²) in [5, 5.41) is 0. The van der Waals surface area contributed by atoms with Crippen LogP contribution in [0.5, 0.6) is 28.7 Å². The Kier molecular flexibility index (Phi) is 42.7. The molecule has 0 fully saturated rings. The van der Waals surface area contributed by atoms with Crippen LogP contribution in [-0.4, -0.2) is 29.8 Å². The number of hydrogen-bond donors (Lipinski definition) is 0. The lowest BCUT2D eigenvalue weighted by molar-refractivity contribution is -0.136. The summed E-state index contributed by atoms with van der Waals surface area (Å²) in [6.07, 6.45) is 43.8. The summed E-state index contributed by atoms with van der Waals surface area (Å²) >= 11 is 0. The Labute approximate surface area is 469 Å². The van der Waals surface area contributed by atoms with Gasteiger partial charge in [0.2, 0.25) is 0 Å². The molecule has 0 aliphatic carbocycles. The molecule has 0 spiro atoms. The Morgan fingerprint density at radius 2 is 0.442 bits per heavy atom. The lowest BCUT2D eigenvalue weighted by Gasteiger charge is -2.18. The number of unbranched alkanes of at least 4 members (excludes halogenated alkanes) is 35. The van der Waals surface area contributed by atoms with Crippen molar-refractivity contribution in [2.24, 2.45) is 0 Å². The fourth-order valence-electron chi connectivity index (χ4n) is 9.82. The summed E-state index contributed by atoms with van der Waals surface area (Å²) in [6.45, 7) is 11.0. The summed E-state index contributed by atoms with van der Waals surface area (Å²) in [4.78, 5) is 68.2. The van der Waals surface area contributed by atoms with Crippen molar-refractivity contribution in [3.63, 3.8) is 0 Å². The highest BCUT2D eigenvalue weighted by Gasteiger charge is 2.24. The van der Waals surface area contributed by atoms with Gasteiger partial charge in [0.05, 0.1) is 5.56 Å². The Bertz CT molecular complexity index is 1750. The van der Waals surface area contributed by atoms with Crippen LogP contribution in [0.3, 0.4) is 0 Å². The van der Waals surface area contributed by atoms with E-state index in [1.54, 1.807) is 12.1 Å². The van der Waals surface area contributed by atoms with Crippen molar-refractivity contribution >= 4 is 29.8 Å². The second-order valence-corrected chi connectivity index (χ2v) is 22.0. The molecule has 0 saturated heterocycles. The van der Waals surface area contributed by atoms with Gasteiger partial charge in [-0.25, -0.2) is 0 Å². The van der Waals surface area contributed by atoms with E-state index in [1.807, 2.05) is 0 Å². The molecule has 77 heavy (non-hydrogen) atoms. The molecule has 10 nitrogen and oxygen atoms in total. The van der Waals surface area contributed by atoms with Gasteiger partial charge < -0.3 is 23.7 Å². The Morgan fingerprint density at radius 1 is 0.247 bits per heavy atom. The summed E-state index contributed by atoms with van der Waals surface area (Å²) in [7, 11) is 0. The highest BCUT2D eigenvalue weighted by atomic mass is 16.6. The van der Waals surface area contributed by atoms with Gasteiger partial charge in [-0.05, 0) is 49.8 Å². The maximum absolute atomic E-state index is 13.9. The molecule has 0 N–H and O–H groups in total. The van der Waals surface area contributed by atoms with Crippen molar-refractivity contribution in [1.29, 1.82) is 0 Å². The second-order valence-electron chi connectivity index (χ2n) is 22.0. The average Bonchev–Trinajstić information content (AvgIpc) is 3.41. The first kappa shape index (κ1) is 68.9. The maximum atomic E-state index is 13.9. The van der Waals surface area contributed by atoms with Crippen LogP contribution in [0, 0.1) is 0 Å². The first-order valence-corrected chi connectivity index (χ1v) is 32.0. The van der Waals surface area contributed by atoms with Crippen LogP contribution in [0.4, 0.5) is 0 Å². The van der Waals surface area contributed by atoms with Crippen molar-refractivity contribution < 1.29 is 47.7 Å². The van der Waals surface area contributed by atoms with Gasteiger partial charge in [-0.2, -0.15) is 0 Å². The summed E-state index contributed by atoms with van der Waals surface area (Å²) in [5.74, 6) is -1.87. The van der Waals surface area contributed by atoms with Gasteiger partial charge in [0, 0.05) is 50.3 Å². The van der Waals surface area contributed by atoms with E-state index in [0.717, 1.165) is 96.3 Å². The van der Waals surface area contributed by atoms with Crippen molar-refractivity contribution in [3.8, 4) is 39.9 Å². The minimum Gasteiger partial charge on any atom is -0.426 e. The molecule has 0 bridgehead atoms. The molecule has 0 unspecified atom stereocenters. The normalized spacial score (nSPS) is 11.2. The fourth-order valence-corrected chi connectivity index (χ4v) is 9.82. The van der Waals surface area contributed by atoms with Gasteiger partial charge in [0.25, 0.3) is 0 Å². The molecule has 0 aliphatic heterocycles. The Morgan fingerprint density at radius 3 is 0.675 bits per heavy atom. The third kappa shape index (κ3) is 36.6. The van der Waals surface area contributed by atoms with E-state index >= 15 is 0 Å². The predicted octanol–water partition coefficient (Wildman–Crippen LogP) is 20.5. The molecule has 0 saturated carbocycles. The second kappa shape index (κ2) is 47.8. The van der Waals surface area contributed by atoms with Crippen LogP contribution in [0.1, 0.15) is 324 Å². The Hall–Kier alpha value is -4.21. The van der Waals surface area contributed by atoms with Crippen LogP contribution in [0.15, 0.2) is 30.3 Å². The molecule has 0 radical (unpaired) electrons. The third-order valence-electron chi connectivity index (χ3n) is 14.5. The molecular formula is C67H110O10. The molecule has 0 amide bonds. The van der Waals surface area contributed by atoms with E-state index in [1.165, 1.54) is 147 Å². The molecule has 438 valence electrons. The summed E-state index contributed by atoms with van der Waals surface area (Å²) < 4.78 is 30.4. The monoisotopic (exact) mass is 1070 g/mol. The van der Waals surface area contributed by atoms with Crippen molar-refractivity contribution in [2.75, 3.05) is 0 Å². The van der Waals surface area contributed by atoms with Crippen molar-refractivity contribution in [2.45, 2.75) is 324 Å². The van der Waals surface area contributed by atoms with Gasteiger partial charge in [0.15, 0.2) is 0 Å². The number of rotatable bonds is 51. The number of esters is 5. The quantitative estimate of drug-likeness (QED) is 0.0358. The third-order valence-corrected chi connectivity index (χ3v) is 14.5. The smallest absolute Gasteiger partial charge is 0.311 e. The highest BCUT2D eigenvalue weighted by Crippen LogP contribution is 2.45. The minimum absolute atomic E-state index is 0.0143. The van der Waals surface area contributed by atoms with Crippen molar-refractivity contribution in [1.82, 2.24) is 0 Å². The molecule has 0 aliphatic rings. The standard InChI is InChI=1S/C67H110O10/c1-6-11-16-21-26-31-36-41-46-62(68)73-57-51-56(52-58(53-57)74-63(69)47-42-37-32-27-22-17-12-7-2)67-60(76-65(71)49-44-39-34-29-24-19-14-9-4)54-59(75-64(70)48-43-38-33-28-23-18-13-8-3)55-61(67)77-66(72)50-45-40-35-30-25-20-15-10-5/h51-55H,6-50H2,1-5H3. The number of carbonyl (C=O) groups excluding carboxylic acids is 5. The van der Waals surface area contributed by atoms with E-state index in [0.29, 0.717) is 37.7 Å². The first-order chi connectivity index (χ1) is 37.6. The van der Waals surface area contributed by atoms with Gasteiger partial charge in [-0.1, -0.05) is 259 Å². The SMILES string of the molecule is CCCCCCCCCCC(=O)Oc1cc(OC(=O)CCCCCCCCCC)cc(-c2c(OC(=O)CCCCCCCCCC)cc(OC(=O)CCCCCCCCCC)cc2OC(=O)CCCCCCCCCC)c1. The van der Waals surface area contributed by atoms with Crippen LogP contribution in [0.2, 0.25) is 0 Å². The summed E-state index contributed by atoms with van der Waals surface area (Å²) in [6, 6.07) is 7.77. The zero-order valence-electron chi connectivity index (χ0n) is 49.8. The molecule has 2 aromatic rings. The zero-order valence-corrected chi connectivity index (χ0v) is 49.8. The predicted molar refractivity (Wildman–Crippen MR) is 316 cm³/mol. The molecule has 0 heterocycles. The fraction of sp³-hybridized carbons (Fsp3) is 0.746. The van der Waals surface area contributed by atoms with Crippen LogP contribution < -0.4 is 23.7 Å². The van der Waals surface area contributed by atoms with E-state index in [2.05, 4.69) is 34.6 Å². The highest BCUT2D eigenvalue weighted by molar-refractivity contribution is 5.87. The lowest BCUT2D eigenvalue weighted by atomic mass is 10.0. The molecule has 2 rings (SSSR count). The van der Waals surface area contributed by atoms with Gasteiger partial charge in [0.1, 0.15) is 28.7 Å².